The lowest BCUT2D eigenvalue weighted by Crippen LogP contribution is -2.36. The Labute approximate surface area is 187 Å². The van der Waals surface area contributed by atoms with E-state index in [1.165, 1.54) is 18.6 Å². The predicted molar refractivity (Wildman–Crippen MR) is 123 cm³/mol. The Morgan fingerprint density at radius 1 is 1.22 bits per heavy atom. The van der Waals surface area contributed by atoms with E-state index in [2.05, 4.69) is 25.8 Å². The molecule has 1 aliphatic rings. The Morgan fingerprint density at radius 2 is 2.00 bits per heavy atom. The number of ether oxygens (including phenoxy) is 1. The number of rotatable bonds is 6. The monoisotopic (exact) mass is 435 g/mol. The highest BCUT2D eigenvalue weighted by Crippen LogP contribution is 2.35. The van der Waals surface area contributed by atoms with Gasteiger partial charge >= 0.3 is 5.97 Å². The molecule has 0 unspecified atom stereocenters. The number of hydrogen-bond donors (Lipinski definition) is 0. The number of carbonyl (C=O) groups is 1. The molecule has 0 radical (unpaired) electrons. The fourth-order valence-corrected chi connectivity index (χ4v) is 4.80. The molecular weight excluding hydrogens is 406 g/mol. The van der Waals surface area contributed by atoms with E-state index >= 15 is 0 Å². The number of hydrogen-bond acceptors (Lipinski definition) is 5. The van der Waals surface area contributed by atoms with Crippen molar-refractivity contribution in [3.8, 4) is 11.4 Å². The van der Waals surface area contributed by atoms with Crippen LogP contribution in [-0.2, 0) is 16.1 Å². The lowest BCUT2D eigenvalue weighted by molar-refractivity contribution is -0.384. The van der Waals surface area contributed by atoms with Crippen LogP contribution in [-0.4, -0.2) is 26.5 Å². The van der Waals surface area contributed by atoms with Crippen molar-refractivity contribution < 1.29 is 14.5 Å². The Kier molecular flexibility index (Phi) is 6.26. The summed E-state index contributed by atoms with van der Waals surface area (Å²) in [6, 6.07) is 13.9. The van der Waals surface area contributed by atoms with Crippen LogP contribution in [0, 0.1) is 27.9 Å². The van der Waals surface area contributed by atoms with Crippen LogP contribution >= 0.6 is 0 Å². The molecule has 32 heavy (non-hydrogen) atoms. The highest BCUT2D eigenvalue weighted by molar-refractivity contribution is 5.83. The molecule has 1 aliphatic carbocycles. The molecule has 1 fully saturated rings. The molecular formula is C25H29N3O4. The van der Waals surface area contributed by atoms with Crippen molar-refractivity contribution in [3.05, 3.63) is 58.6 Å². The molecule has 1 saturated carbocycles. The van der Waals surface area contributed by atoms with Crippen LogP contribution < -0.4 is 0 Å². The average molecular weight is 436 g/mol. The lowest BCUT2D eigenvalue weighted by atomic mass is 9.75. The number of benzene rings is 2. The highest BCUT2D eigenvalue weighted by Gasteiger charge is 2.33. The number of esters is 1. The van der Waals surface area contributed by atoms with Gasteiger partial charge in [-0.15, -0.1) is 0 Å². The molecule has 0 amide bonds. The van der Waals surface area contributed by atoms with Crippen LogP contribution in [0.3, 0.4) is 0 Å². The zero-order valence-corrected chi connectivity index (χ0v) is 18.7. The van der Waals surface area contributed by atoms with E-state index in [4.69, 9.17) is 4.74 Å². The molecule has 1 heterocycles. The first kappa shape index (κ1) is 22.0. The number of aromatic nitrogens is 2. The maximum absolute atomic E-state index is 13.1. The van der Waals surface area contributed by atoms with Crippen molar-refractivity contribution in [1.29, 1.82) is 0 Å². The van der Waals surface area contributed by atoms with Crippen LogP contribution in [0.5, 0.6) is 0 Å². The summed E-state index contributed by atoms with van der Waals surface area (Å²) in [5.41, 5.74) is 2.10. The number of carbonyl (C=O) groups excluding carboxylic acids is 1. The summed E-state index contributed by atoms with van der Waals surface area (Å²) in [5.74, 6) is 1.58. The van der Waals surface area contributed by atoms with Crippen molar-refractivity contribution in [3.63, 3.8) is 0 Å². The minimum Gasteiger partial charge on any atom is -0.461 e. The molecule has 3 aromatic rings. The Bertz CT molecular complexity index is 1140. The fraction of sp³-hybridized carbons (Fsp3) is 0.440. The molecule has 0 bridgehead atoms. The van der Waals surface area contributed by atoms with Crippen LogP contribution in [0.1, 0.15) is 40.0 Å². The van der Waals surface area contributed by atoms with Gasteiger partial charge in [-0.25, -0.2) is 4.98 Å². The second-order valence-electron chi connectivity index (χ2n) is 9.17. The third-order valence-corrected chi connectivity index (χ3v) is 6.50. The van der Waals surface area contributed by atoms with Gasteiger partial charge < -0.3 is 9.30 Å². The number of fused-ring (bicyclic) bond motifs is 1. The summed E-state index contributed by atoms with van der Waals surface area (Å²) >= 11 is 0. The molecule has 3 atom stereocenters. The van der Waals surface area contributed by atoms with Gasteiger partial charge in [-0.3, -0.25) is 14.9 Å². The molecule has 0 N–H and O–H groups in total. The summed E-state index contributed by atoms with van der Waals surface area (Å²) in [5, 5.41) is 11.3. The van der Waals surface area contributed by atoms with Crippen LogP contribution in [0.25, 0.3) is 22.4 Å². The maximum Gasteiger partial charge on any atom is 0.326 e. The Balaban J connectivity index is 1.65. The standard InChI is InChI=1S/C25H29N3O4/c1-16(2)20-12-11-17(3)13-23(20)32-24(29)15-27-22-10-5-4-9-21(22)26-25(27)18-7-6-8-19(14-18)28(30)31/h4-10,14,16-17,20,23H,11-13,15H2,1-3H3/t17-,20+,23-/m1/s1. The second-order valence-corrected chi connectivity index (χ2v) is 9.17. The molecule has 4 rings (SSSR count). The summed E-state index contributed by atoms with van der Waals surface area (Å²) in [6.07, 6.45) is 3.04. The largest absolute Gasteiger partial charge is 0.461 e. The van der Waals surface area contributed by atoms with E-state index in [1.54, 1.807) is 16.7 Å². The Hall–Kier alpha value is -3.22. The van der Waals surface area contributed by atoms with Crippen molar-refractivity contribution in [2.24, 2.45) is 17.8 Å². The zero-order valence-electron chi connectivity index (χ0n) is 18.7. The smallest absolute Gasteiger partial charge is 0.326 e. The first-order valence-corrected chi connectivity index (χ1v) is 11.2. The topological polar surface area (TPSA) is 87.3 Å². The van der Waals surface area contributed by atoms with E-state index < -0.39 is 4.92 Å². The second kappa shape index (κ2) is 9.10. The number of nitro groups is 1. The summed E-state index contributed by atoms with van der Waals surface area (Å²) in [6.45, 7) is 6.59. The van der Waals surface area contributed by atoms with Crippen LogP contribution in [0.15, 0.2) is 48.5 Å². The van der Waals surface area contributed by atoms with Crippen LogP contribution in [0.4, 0.5) is 5.69 Å². The van der Waals surface area contributed by atoms with Gasteiger partial charge in [0.15, 0.2) is 0 Å². The number of nitrogens with zero attached hydrogens (tertiary/aromatic N) is 3. The maximum atomic E-state index is 13.1. The van der Waals surface area contributed by atoms with Crippen molar-refractivity contribution in [1.82, 2.24) is 9.55 Å². The van der Waals surface area contributed by atoms with E-state index in [1.807, 2.05) is 24.3 Å². The number of non-ortho nitro benzene ring substituents is 1. The van der Waals surface area contributed by atoms with E-state index in [9.17, 15) is 14.9 Å². The first-order valence-electron chi connectivity index (χ1n) is 11.2. The van der Waals surface area contributed by atoms with Gasteiger partial charge in [0.05, 0.1) is 16.0 Å². The van der Waals surface area contributed by atoms with Gasteiger partial charge in [0.25, 0.3) is 5.69 Å². The van der Waals surface area contributed by atoms with E-state index in [-0.39, 0.29) is 24.3 Å². The quantitative estimate of drug-likeness (QED) is 0.285. The average Bonchev–Trinajstić information content (AvgIpc) is 3.12. The number of para-hydroxylation sites is 2. The molecule has 1 aromatic heterocycles. The summed E-state index contributed by atoms with van der Waals surface area (Å²) in [7, 11) is 0. The van der Waals surface area contributed by atoms with Crippen LogP contribution in [0.2, 0.25) is 0 Å². The predicted octanol–water partition coefficient (Wildman–Crippen LogP) is 5.62. The van der Waals surface area contributed by atoms with Gasteiger partial charge in [-0.1, -0.05) is 51.5 Å². The third kappa shape index (κ3) is 4.52. The van der Waals surface area contributed by atoms with E-state index in [0.29, 0.717) is 29.1 Å². The molecule has 7 nitrogen and oxygen atoms in total. The molecule has 2 aromatic carbocycles. The SMILES string of the molecule is CC(C)[C@@H]1CC[C@@H](C)C[C@H]1OC(=O)Cn1c(-c2cccc([N+](=O)[O-])c2)nc2ccccc21. The van der Waals surface area contributed by atoms with Gasteiger partial charge in [0, 0.05) is 17.7 Å². The number of nitro benzene ring substituents is 1. The van der Waals surface area contributed by atoms with Crippen molar-refractivity contribution in [2.45, 2.75) is 52.7 Å². The van der Waals surface area contributed by atoms with Crippen molar-refractivity contribution >= 4 is 22.7 Å². The molecule has 168 valence electrons. The van der Waals surface area contributed by atoms with Gasteiger partial charge in [-0.2, -0.15) is 0 Å². The zero-order chi connectivity index (χ0) is 22.8. The summed E-state index contributed by atoms with van der Waals surface area (Å²) < 4.78 is 7.81. The normalized spacial score (nSPS) is 21.1. The Morgan fingerprint density at radius 3 is 2.75 bits per heavy atom. The number of imidazole rings is 1. The minimum absolute atomic E-state index is 0.00817. The molecule has 0 spiro atoms. The molecule has 0 aliphatic heterocycles. The first-order chi connectivity index (χ1) is 15.3. The van der Waals surface area contributed by atoms with Gasteiger partial charge in [0.2, 0.25) is 0 Å². The molecule has 0 saturated heterocycles. The molecule has 7 heteroatoms. The van der Waals surface area contributed by atoms with Crippen molar-refractivity contribution in [2.75, 3.05) is 0 Å². The van der Waals surface area contributed by atoms with E-state index in [0.717, 1.165) is 23.9 Å². The summed E-state index contributed by atoms with van der Waals surface area (Å²) in [4.78, 5) is 28.6. The fourth-order valence-electron chi connectivity index (χ4n) is 4.80. The minimum atomic E-state index is -0.430. The van der Waals surface area contributed by atoms with Gasteiger partial charge in [-0.05, 0) is 42.7 Å². The highest BCUT2D eigenvalue weighted by atomic mass is 16.6. The van der Waals surface area contributed by atoms with Gasteiger partial charge in [0.1, 0.15) is 18.5 Å². The third-order valence-electron chi connectivity index (χ3n) is 6.50. The lowest BCUT2D eigenvalue weighted by Gasteiger charge is -2.36.